The van der Waals surface area contributed by atoms with Gasteiger partial charge in [-0.05, 0) is 11.5 Å². The largest absolute Gasteiger partial charge is 0.480 e. The maximum atomic E-state index is 12.3. The molecule has 1 heterocycles. The van der Waals surface area contributed by atoms with Gasteiger partial charge < -0.3 is 10.4 Å². The zero-order valence-electron chi connectivity index (χ0n) is 11.2. The van der Waals surface area contributed by atoms with Crippen LogP contribution >= 0.6 is 0 Å². The lowest BCUT2D eigenvalue weighted by Crippen LogP contribution is -2.48. The van der Waals surface area contributed by atoms with E-state index in [0.29, 0.717) is 5.56 Å². The van der Waals surface area contributed by atoms with Gasteiger partial charge in [0.1, 0.15) is 12.1 Å². The fraction of sp³-hybridized carbons (Fsp3) is 0.357. The Balaban J connectivity index is 2.32. The first-order chi connectivity index (χ1) is 9.43. The van der Waals surface area contributed by atoms with Gasteiger partial charge in [-0.3, -0.25) is 4.79 Å². The number of rotatable bonds is 4. The topological polar surface area (TPSA) is 86.7 Å². The molecule has 2 unspecified atom stereocenters. The number of hydrogen-bond acceptors (Lipinski definition) is 3. The molecule has 6 heteroatoms. The Hall–Kier alpha value is -2.37. The molecule has 2 N–H and O–H groups in total. The van der Waals surface area contributed by atoms with Crippen LogP contribution in [0.3, 0.4) is 0 Å². The van der Waals surface area contributed by atoms with Gasteiger partial charge in [-0.15, -0.1) is 0 Å². The van der Waals surface area contributed by atoms with E-state index in [-0.39, 0.29) is 5.92 Å². The lowest BCUT2D eigenvalue weighted by Gasteiger charge is -2.24. The van der Waals surface area contributed by atoms with Crippen molar-refractivity contribution in [2.24, 2.45) is 5.92 Å². The molecular formula is C14H16N2O4. The Morgan fingerprint density at radius 1 is 1.25 bits per heavy atom. The van der Waals surface area contributed by atoms with Crippen LogP contribution in [-0.4, -0.2) is 34.0 Å². The van der Waals surface area contributed by atoms with Crippen LogP contribution in [0.5, 0.6) is 0 Å². The molecule has 1 aromatic carbocycles. The summed E-state index contributed by atoms with van der Waals surface area (Å²) in [7, 11) is 0. The molecule has 2 atom stereocenters. The maximum Gasteiger partial charge on any atom is 0.327 e. The van der Waals surface area contributed by atoms with Gasteiger partial charge in [-0.25, -0.2) is 14.5 Å². The molecule has 1 aliphatic heterocycles. The number of nitrogens with one attached hydrogen (secondary N) is 1. The fourth-order valence-electron chi connectivity index (χ4n) is 2.32. The predicted molar refractivity (Wildman–Crippen MR) is 70.8 cm³/mol. The van der Waals surface area contributed by atoms with Crippen molar-refractivity contribution in [2.45, 2.75) is 25.9 Å². The summed E-state index contributed by atoms with van der Waals surface area (Å²) in [4.78, 5) is 36.4. The average molecular weight is 276 g/mol. The molecule has 6 nitrogen and oxygen atoms in total. The van der Waals surface area contributed by atoms with E-state index in [4.69, 9.17) is 0 Å². The van der Waals surface area contributed by atoms with Crippen LogP contribution in [0.4, 0.5) is 4.79 Å². The van der Waals surface area contributed by atoms with Crippen molar-refractivity contribution in [3.63, 3.8) is 0 Å². The number of carboxylic acid groups (broad SMARTS) is 1. The summed E-state index contributed by atoms with van der Waals surface area (Å²) in [5, 5.41) is 11.8. The van der Waals surface area contributed by atoms with Crippen molar-refractivity contribution in [3.05, 3.63) is 35.9 Å². The minimum absolute atomic E-state index is 0.364. The number of imide groups is 1. The summed E-state index contributed by atoms with van der Waals surface area (Å²) in [5.74, 6) is -2.07. The third-order valence-corrected chi connectivity index (χ3v) is 3.27. The normalized spacial score (nSPS) is 20.1. The highest BCUT2D eigenvalue weighted by molar-refractivity contribution is 6.07. The van der Waals surface area contributed by atoms with E-state index in [0.717, 1.165) is 4.90 Å². The van der Waals surface area contributed by atoms with Gasteiger partial charge in [0.2, 0.25) is 0 Å². The average Bonchev–Trinajstić information content (AvgIpc) is 2.67. The zero-order valence-corrected chi connectivity index (χ0v) is 11.2. The molecule has 3 amide bonds. The quantitative estimate of drug-likeness (QED) is 0.813. The van der Waals surface area contributed by atoms with Crippen LogP contribution in [0.15, 0.2) is 30.3 Å². The molecule has 106 valence electrons. The molecule has 2 rings (SSSR count). The number of carbonyl (C=O) groups is 3. The van der Waals surface area contributed by atoms with Crippen LogP contribution in [-0.2, 0) is 9.59 Å². The summed E-state index contributed by atoms with van der Waals surface area (Å²) < 4.78 is 0. The summed E-state index contributed by atoms with van der Waals surface area (Å²) in [5.41, 5.74) is 0.640. The maximum absolute atomic E-state index is 12.3. The molecule has 1 aromatic rings. The highest BCUT2D eigenvalue weighted by Gasteiger charge is 2.46. The van der Waals surface area contributed by atoms with Crippen molar-refractivity contribution in [1.82, 2.24) is 10.2 Å². The van der Waals surface area contributed by atoms with Crippen LogP contribution < -0.4 is 5.32 Å². The monoisotopic (exact) mass is 276 g/mol. The number of carbonyl (C=O) groups excluding carboxylic acids is 2. The van der Waals surface area contributed by atoms with E-state index in [1.807, 2.05) is 0 Å². The molecule has 0 aliphatic carbocycles. The molecule has 0 aromatic heterocycles. The van der Waals surface area contributed by atoms with Crippen LogP contribution in [0.2, 0.25) is 0 Å². The van der Waals surface area contributed by atoms with Gasteiger partial charge in [-0.2, -0.15) is 0 Å². The highest BCUT2D eigenvalue weighted by Crippen LogP contribution is 2.25. The first-order valence-corrected chi connectivity index (χ1v) is 6.34. The van der Waals surface area contributed by atoms with Crippen LogP contribution in [0.1, 0.15) is 25.5 Å². The van der Waals surface area contributed by atoms with E-state index in [9.17, 15) is 19.5 Å². The van der Waals surface area contributed by atoms with E-state index >= 15 is 0 Å². The van der Waals surface area contributed by atoms with Crippen molar-refractivity contribution in [3.8, 4) is 0 Å². The smallest absolute Gasteiger partial charge is 0.327 e. The van der Waals surface area contributed by atoms with Crippen LogP contribution in [0, 0.1) is 5.92 Å². The second kappa shape index (κ2) is 5.32. The number of amides is 3. The second-order valence-corrected chi connectivity index (χ2v) is 5.03. The summed E-state index contributed by atoms with van der Waals surface area (Å²) in [6, 6.07) is 6.12. The second-order valence-electron chi connectivity index (χ2n) is 5.03. The van der Waals surface area contributed by atoms with Gasteiger partial charge in [-0.1, -0.05) is 44.2 Å². The Morgan fingerprint density at radius 3 is 2.35 bits per heavy atom. The minimum Gasteiger partial charge on any atom is -0.480 e. The zero-order chi connectivity index (χ0) is 14.9. The number of aliphatic carboxylic acids is 1. The lowest BCUT2D eigenvalue weighted by atomic mass is 10.0. The van der Waals surface area contributed by atoms with E-state index in [1.165, 1.54) is 0 Å². The third kappa shape index (κ3) is 2.36. The number of urea groups is 1. The number of hydrogen-bond donors (Lipinski definition) is 2. The Bertz CT molecular complexity index is 541. The van der Waals surface area contributed by atoms with Crippen LogP contribution in [0.25, 0.3) is 0 Å². The third-order valence-electron chi connectivity index (χ3n) is 3.27. The summed E-state index contributed by atoms with van der Waals surface area (Å²) >= 11 is 0. The number of carboxylic acids is 1. The Morgan fingerprint density at radius 2 is 1.85 bits per heavy atom. The lowest BCUT2D eigenvalue weighted by molar-refractivity contribution is -0.148. The molecule has 20 heavy (non-hydrogen) atoms. The molecule has 1 aliphatic rings. The number of benzene rings is 1. The SMILES string of the molecule is CC(C)C(C(=O)O)N1C(=O)NC(c2ccccc2)C1=O. The van der Waals surface area contributed by atoms with Gasteiger partial charge in [0.25, 0.3) is 5.91 Å². The van der Waals surface area contributed by atoms with Gasteiger partial charge >= 0.3 is 12.0 Å². The first kappa shape index (κ1) is 14.0. The predicted octanol–water partition coefficient (Wildman–Crippen LogP) is 1.39. The van der Waals surface area contributed by atoms with Crippen molar-refractivity contribution in [2.75, 3.05) is 0 Å². The molecule has 0 saturated carbocycles. The molecule has 0 spiro atoms. The van der Waals surface area contributed by atoms with E-state index in [2.05, 4.69) is 5.32 Å². The van der Waals surface area contributed by atoms with Crippen molar-refractivity contribution >= 4 is 17.9 Å². The highest BCUT2D eigenvalue weighted by atomic mass is 16.4. The standard InChI is InChI=1S/C14H16N2O4/c1-8(2)11(13(18)19)16-12(17)10(15-14(16)20)9-6-4-3-5-7-9/h3-8,10-11H,1-2H3,(H,15,20)(H,18,19). The van der Waals surface area contributed by atoms with Crippen molar-refractivity contribution < 1.29 is 19.5 Å². The van der Waals surface area contributed by atoms with Gasteiger partial charge in [0.05, 0.1) is 0 Å². The Labute approximate surface area is 116 Å². The Kier molecular flexibility index (Phi) is 3.74. The summed E-state index contributed by atoms with van der Waals surface area (Å²) in [6.45, 7) is 3.32. The molecule has 1 fully saturated rings. The fourth-order valence-corrected chi connectivity index (χ4v) is 2.32. The van der Waals surface area contributed by atoms with Gasteiger partial charge in [0.15, 0.2) is 0 Å². The van der Waals surface area contributed by atoms with Gasteiger partial charge in [0, 0.05) is 0 Å². The summed E-state index contributed by atoms with van der Waals surface area (Å²) in [6.07, 6.45) is 0. The van der Waals surface area contributed by atoms with E-state index in [1.54, 1.807) is 44.2 Å². The molecule has 0 bridgehead atoms. The molecule has 1 saturated heterocycles. The molecular weight excluding hydrogens is 260 g/mol. The van der Waals surface area contributed by atoms with Crippen molar-refractivity contribution in [1.29, 1.82) is 0 Å². The number of nitrogens with zero attached hydrogens (tertiary/aromatic N) is 1. The molecule has 0 radical (unpaired) electrons. The van der Waals surface area contributed by atoms with E-state index < -0.39 is 30.0 Å². The first-order valence-electron chi connectivity index (χ1n) is 6.34. The minimum atomic E-state index is -1.18.